The van der Waals surface area contributed by atoms with E-state index in [9.17, 15) is 13.8 Å². The SMILES string of the molecule is Cc1[nH]c(C(=O)N[C@@H]2CCN(c3ncc(C(=O)O)s3)C[C@@H]2CS(C)=O)c(Cl)c1Cl. The van der Waals surface area contributed by atoms with Crippen LogP contribution in [0, 0.1) is 12.8 Å². The summed E-state index contributed by atoms with van der Waals surface area (Å²) >= 11 is 13.3. The van der Waals surface area contributed by atoms with E-state index < -0.39 is 16.8 Å². The normalized spacial score (nSPS) is 20.5. The van der Waals surface area contributed by atoms with Gasteiger partial charge in [-0.15, -0.1) is 0 Å². The van der Waals surface area contributed by atoms with Crippen LogP contribution in [0.1, 0.15) is 32.3 Å². The molecule has 3 rings (SSSR count). The van der Waals surface area contributed by atoms with Gasteiger partial charge in [-0.3, -0.25) is 9.00 Å². The lowest BCUT2D eigenvalue weighted by Crippen LogP contribution is -2.52. The second-order valence-corrected chi connectivity index (χ2v) is 10.1. The van der Waals surface area contributed by atoms with Gasteiger partial charge in [-0.25, -0.2) is 9.78 Å². The number of hydrogen-bond donors (Lipinski definition) is 3. The number of halogens is 2. The van der Waals surface area contributed by atoms with Gasteiger partial charge in [-0.1, -0.05) is 34.5 Å². The number of nitrogens with zero attached hydrogens (tertiary/aromatic N) is 2. The van der Waals surface area contributed by atoms with E-state index in [0.29, 0.717) is 41.1 Å². The van der Waals surface area contributed by atoms with E-state index in [0.717, 1.165) is 11.3 Å². The second kappa shape index (κ2) is 9.03. The van der Waals surface area contributed by atoms with Gasteiger partial charge in [0.15, 0.2) is 5.13 Å². The maximum atomic E-state index is 12.7. The van der Waals surface area contributed by atoms with Gasteiger partial charge in [-0.2, -0.15) is 0 Å². The molecule has 3 heterocycles. The van der Waals surface area contributed by atoms with Crippen molar-refractivity contribution in [2.75, 3.05) is 30.0 Å². The van der Waals surface area contributed by atoms with Crippen molar-refractivity contribution in [3.05, 3.63) is 32.5 Å². The van der Waals surface area contributed by atoms with Gasteiger partial charge in [0.25, 0.3) is 5.91 Å². The number of carboxylic acids is 1. The van der Waals surface area contributed by atoms with Crippen molar-refractivity contribution < 1.29 is 18.9 Å². The van der Waals surface area contributed by atoms with Crippen molar-refractivity contribution in [2.24, 2.45) is 5.92 Å². The topological polar surface area (TPSA) is 115 Å². The van der Waals surface area contributed by atoms with E-state index in [1.807, 2.05) is 4.90 Å². The van der Waals surface area contributed by atoms with Crippen molar-refractivity contribution in [1.82, 2.24) is 15.3 Å². The number of aromatic carboxylic acids is 1. The van der Waals surface area contributed by atoms with E-state index in [2.05, 4.69) is 15.3 Å². The number of carbonyl (C=O) groups is 2. The number of H-pyrrole nitrogens is 1. The van der Waals surface area contributed by atoms with Crippen molar-refractivity contribution in [3.63, 3.8) is 0 Å². The fraction of sp³-hybridized carbons (Fsp3) is 0.471. The van der Waals surface area contributed by atoms with Gasteiger partial charge >= 0.3 is 5.97 Å². The van der Waals surface area contributed by atoms with Crippen molar-refractivity contribution in [2.45, 2.75) is 19.4 Å². The third-order valence-corrected chi connectivity index (χ3v) is 7.65. The Morgan fingerprint density at radius 2 is 2.17 bits per heavy atom. The number of aryl methyl sites for hydroxylation is 1. The highest BCUT2D eigenvalue weighted by atomic mass is 35.5. The third kappa shape index (κ3) is 4.93. The van der Waals surface area contributed by atoms with Gasteiger partial charge in [0.2, 0.25) is 0 Å². The molecular weight excluding hydrogens is 459 g/mol. The first kappa shape index (κ1) is 22.1. The van der Waals surface area contributed by atoms with Crippen molar-refractivity contribution >= 4 is 62.3 Å². The molecular formula is C17H20Cl2N4O4S2. The van der Waals surface area contributed by atoms with Crippen LogP contribution in [0.4, 0.5) is 5.13 Å². The quantitative estimate of drug-likeness (QED) is 0.587. The molecule has 158 valence electrons. The highest BCUT2D eigenvalue weighted by molar-refractivity contribution is 7.84. The standard InChI is InChI=1S/C17H20Cl2N4O4S2/c1-8-12(18)13(19)14(21-8)15(24)22-10-3-4-23(6-9(10)7-29(2)27)17-20-5-11(28-17)16(25)26/h5,9-10,21H,3-4,6-7H2,1-2H3,(H,22,24)(H,25,26)/t9-,10-,29?/m1/s1. The Morgan fingerprint density at radius 1 is 1.45 bits per heavy atom. The molecule has 0 bridgehead atoms. The summed E-state index contributed by atoms with van der Waals surface area (Å²) in [6, 6.07) is -0.208. The maximum Gasteiger partial charge on any atom is 0.347 e. The molecule has 1 aliphatic rings. The lowest BCUT2D eigenvalue weighted by atomic mass is 9.93. The second-order valence-electron chi connectivity index (χ2n) is 6.88. The molecule has 0 radical (unpaired) electrons. The molecule has 29 heavy (non-hydrogen) atoms. The number of hydrogen-bond acceptors (Lipinski definition) is 6. The molecule has 1 saturated heterocycles. The summed E-state index contributed by atoms with van der Waals surface area (Å²) in [6.07, 6.45) is 3.55. The summed E-state index contributed by atoms with van der Waals surface area (Å²) in [6.45, 7) is 2.82. The van der Waals surface area contributed by atoms with E-state index in [-0.39, 0.29) is 33.5 Å². The van der Waals surface area contributed by atoms with Crippen LogP contribution in [0.25, 0.3) is 0 Å². The number of nitrogens with one attached hydrogen (secondary N) is 2. The first-order chi connectivity index (χ1) is 13.7. The molecule has 0 aliphatic carbocycles. The van der Waals surface area contributed by atoms with E-state index in [1.54, 1.807) is 13.2 Å². The number of aromatic nitrogens is 2. The summed E-state index contributed by atoms with van der Waals surface area (Å²) in [7, 11) is -1.06. The molecule has 3 atom stereocenters. The predicted molar refractivity (Wildman–Crippen MR) is 115 cm³/mol. The number of carboxylic acid groups (broad SMARTS) is 1. The zero-order valence-electron chi connectivity index (χ0n) is 15.7. The largest absolute Gasteiger partial charge is 0.477 e. The average Bonchev–Trinajstić information content (AvgIpc) is 3.24. The highest BCUT2D eigenvalue weighted by Crippen LogP contribution is 2.31. The van der Waals surface area contributed by atoms with E-state index in [4.69, 9.17) is 28.3 Å². The molecule has 0 saturated carbocycles. The summed E-state index contributed by atoms with van der Waals surface area (Å²) < 4.78 is 11.9. The molecule has 1 fully saturated rings. The Morgan fingerprint density at radius 3 is 2.72 bits per heavy atom. The smallest absolute Gasteiger partial charge is 0.347 e. The van der Waals surface area contributed by atoms with Crippen LogP contribution in [0.3, 0.4) is 0 Å². The fourth-order valence-corrected chi connectivity index (χ4v) is 5.49. The van der Waals surface area contributed by atoms with E-state index in [1.165, 1.54) is 6.20 Å². The lowest BCUT2D eigenvalue weighted by Gasteiger charge is -2.38. The fourth-order valence-electron chi connectivity index (χ4n) is 3.34. The summed E-state index contributed by atoms with van der Waals surface area (Å²) in [4.78, 5) is 33.0. The molecule has 2 aromatic rings. The monoisotopic (exact) mass is 478 g/mol. The summed E-state index contributed by atoms with van der Waals surface area (Å²) in [5.41, 5.74) is 0.819. The Balaban J connectivity index is 1.74. The Hall–Kier alpha value is -1.62. The minimum Gasteiger partial charge on any atom is -0.477 e. The molecule has 0 spiro atoms. The number of aromatic amines is 1. The Labute approximate surface area is 184 Å². The number of piperidine rings is 1. The molecule has 1 unspecified atom stereocenters. The van der Waals surface area contributed by atoms with Crippen LogP contribution in [0.5, 0.6) is 0 Å². The minimum absolute atomic E-state index is 0.0963. The van der Waals surface area contributed by atoms with Gasteiger partial charge in [0.1, 0.15) is 10.6 Å². The van der Waals surface area contributed by atoms with Crippen LogP contribution < -0.4 is 10.2 Å². The molecule has 2 aromatic heterocycles. The maximum absolute atomic E-state index is 12.7. The molecule has 1 amide bonds. The number of thiazole rings is 1. The zero-order valence-corrected chi connectivity index (χ0v) is 18.8. The van der Waals surface area contributed by atoms with Gasteiger partial charge in [0.05, 0.1) is 16.2 Å². The van der Waals surface area contributed by atoms with Gasteiger partial charge in [0, 0.05) is 53.6 Å². The highest BCUT2D eigenvalue weighted by Gasteiger charge is 2.33. The summed E-state index contributed by atoms with van der Waals surface area (Å²) in [5, 5.41) is 13.2. The van der Waals surface area contributed by atoms with Crippen LogP contribution in [-0.2, 0) is 10.8 Å². The first-order valence-corrected chi connectivity index (χ1v) is 12.1. The van der Waals surface area contributed by atoms with E-state index >= 15 is 0 Å². The number of anilines is 1. The van der Waals surface area contributed by atoms with Crippen molar-refractivity contribution in [3.8, 4) is 0 Å². The molecule has 1 aliphatic heterocycles. The minimum atomic E-state index is -1.06. The van der Waals surface area contributed by atoms with Crippen LogP contribution >= 0.6 is 34.5 Å². The first-order valence-electron chi connectivity index (χ1n) is 8.75. The number of amides is 1. The Kier molecular flexibility index (Phi) is 6.87. The number of carbonyl (C=O) groups excluding carboxylic acids is 1. The summed E-state index contributed by atoms with van der Waals surface area (Å²) in [5.74, 6) is -1.07. The number of rotatable bonds is 6. The third-order valence-electron chi connectivity index (χ3n) is 4.76. The van der Waals surface area contributed by atoms with Gasteiger partial charge in [-0.05, 0) is 13.3 Å². The zero-order chi connectivity index (χ0) is 21.3. The molecule has 3 N–H and O–H groups in total. The molecule has 8 nitrogen and oxygen atoms in total. The van der Waals surface area contributed by atoms with Crippen LogP contribution in [-0.4, -0.2) is 62.3 Å². The average molecular weight is 479 g/mol. The Bertz CT molecular complexity index is 961. The van der Waals surface area contributed by atoms with Gasteiger partial charge < -0.3 is 20.3 Å². The molecule has 12 heteroatoms. The van der Waals surface area contributed by atoms with Crippen LogP contribution in [0.15, 0.2) is 6.20 Å². The van der Waals surface area contributed by atoms with Crippen LogP contribution in [0.2, 0.25) is 10.0 Å². The lowest BCUT2D eigenvalue weighted by molar-refractivity contribution is 0.0701. The predicted octanol–water partition coefficient (Wildman–Crippen LogP) is 2.79. The van der Waals surface area contributed by atoms with Crippen molar-refractivity contribution in [1.29, 1.82) is 0 Å². The molecule has 0 aromatic carbocycles.